The van der Waals surface area contributed by atoms with Crippen LogP contribution in [0.5, 0.6) is 0 Å². The highest BCUT2D eigenvalue weighted by Crippen LogP contribution is 2.27. The maximum Gasteiger partial charge on any atom is 0.407 e. The fraction of sp³-hybridized carbons (Fsp3) is 0.400. The Hall–Kier alpha value is -1.29. The molecule has 0 aliphatic carbocycles. The van der Waals surface area contributed by atoms with E-state index in [1.54, 1.807) is 6.07 Å². The van der Waals surface area contributed by atoms with Gasteiger partial charge in [0.1, 0.15) is 5.15 Å². The molecule has 5 heteroatoms. The van der Waals surface area contributed by atoms with Crippen molar-refractivity contribution in [2.75, 3.05) is 6.54 Å². The number of hydrogen-bond acceptors (Lipinski definition) is 2. The zero-order valence-electron chi connectivity index (χ0n) is 8.27. The second-order valence-electron chi connectivity index (χ2n) is 3.74. The average molecular weight is 227 g/mol. The molecular formula is C10H11ClN2O2. The Kier molecular flexibility index (Phi) is 2.52. The second-order valence-corrected chi connectivity index (χ2v) is 4.13. The number of carbonyl (C=O) groups is 1. The van der Waals surface area contributed by atoms with Crippen LogP contribution in [0.3, 0.4) is 0 Å². The van der Waals surface area contributed by atoms with E-state index in [1.807, 2.05) is 13.0 Å². The maximum absolute atomic E-state index is 10.9. The molecule has 0 saturated heterocycles. The Morgan fingerprint density at radius 2 is 2.40 bits per heavy atom. The lowest BCUT2D eigenvalue weighted by molar-refractivity contribution is 0.135. The number of hydrogen-bond donors (Lipinski definition) is 1. The first-order chi connectivity index (χ1) is 7.08. The van der Waals surface area contributed by atoms with Crippen LogP contribution in [0.2, 0.25) is 5.15 Å². The number of amides is 1. The van der Waals surface area contributed by atoms with Crippen molar-refractivity contribution in [1.82, 2.24) is 9.88 Å². The molecule has 1 aliphatic rings. The number of nitrogens with zero attached hydrogens (tertiary/aromatic N) is 2. The first-order valence-electron chi connectivity index (χ1n) is 4.71. The molecule has 1 atom stereocenters. The van der Waals surface area contributed by atoms with E-state index < -0.39 is 6.09 Å². The van der Waals surface area contributed by atoms with Crippen molar-refractivity contribution < 1.29 is 9.90 Å². The molecule has 0 fully saturated rings. The molecule has 1 aromatic heterocycles. The van der Waals surface area contributed by atoms with Crippen molar-refractivity contribution in [2.45, 2.75) is 19.4 Å². The van der Waals surface area contributed by atoms with Crippen molar-refractivity contribution in [3.05, 3.63) is 28.5 Å². The molecule has 1 unspecified atom stereocenters. The largest absolute Gasteiger partial charge is 0.465 e. The van der Waals surface area contributed by atoms with Gasteiger partial charge in [-0.15, -0.1) is 0 Å². The van der Waals surface area contributed by atoms with Crippen molar-refractivity contribution in [3.8, 4) is 0 Å². The monoisotopic (exact) mass is 226 g/mol. The molecule has 4 nitrogen and oxygen atoms in total. The van der Waals surface area contributed by atoms with Crippen LogP contribution >= 0.6 is 11.6 Å². The molecule has 0 radical (unpaired) electrons. The standard InChI is InChI=1S/C10H11ClN2O2/c1-6-4-13(10(14)15)5-7-2-3-8(11)12-9(6)7/h2-3,6H,4-5H2,1H3,(H,14,15). The van der Waals surface area contributed by atoms with Crippen molar-refractivity contribution in [2.24, 2.45) is 0 Å². The number of aromatic nitrogens is 1. The van der Waals surface area contributed by atoms with Gasteiger partial charge in [0.15, 0.2) is 0 Å². The van der Waals surface area contributed by atoms with Gasteiger partial charge in [0.2, 0.25) is 0 Å². The molecule has 0 bridgehead atoms. The molecule has 2 rings (SSSR count). The molecule has 1 aliphatic heterocycles. The third-order valence-corrected chi connectivity index (χ3v) is 2.78. The minimum absolute atomic E-state index is 0.101. The van der Waals surface area contributed by atoms with Crippen molar-refractivity contribution in [3.63, 3.8) is 0 Å². The highest BCUT2D eigenvalue weighted by molar-refractivity contribution is 6.29. The minimum atomic E-state index is -0.887. The SMILES string of the molecule is CC1CN(C(=O)O)Cc2ccc(Cl)nc21. The van der Waals surface area contributed by atoms with Crippen LogP contribution in [-0.4, -0.2) is 27.6 Å². The summed E-state index contributed by atoms with van der Waals surface area (Å²) >= 11 is 5.80. The smallest absolute Gasteiger partial charge is 0.407 e. The zero-order valence-corrected chi connectivity index (χ0v) is 9.03. The van der Waals surface area contributed by atoms with Crippen LogP contribution in [0.4, 0.5) is 4.79 Å². The summed E-state index contributed by atoms with van der Waals surface area (Å²) in [6, 6.07) is 3.54. The Balaban J connectivity index is 2.36. The predicted molar refractivity (Wildman–Crippen MR) is 56.1 cm³/mol. The second kappa shape index (κ2) is 3.70. The number of rotatable bonds is 0. The maximum atomic E-state index is 10.9. The predicted octanol–water partition coefficient (Wildman–Crippen LogP) is 2.33. The Morgan fingerprint density at radius 3 is 3.07 bits per heavy atom. The Morgan fingerprint density at radius 1 is 1.67 bits per heavy atom. The number of carboxylic acid groups (broad SMARTS) is 1. The van der Waals surface area contributed by atoms with Crippen LogP contribution in [-0.2, 0) is 6.54 Å². The summed E-state index contributed by atoms with van der Waals surface area (Å²) in [6.45, 7) is 2.84. The first kappa shape index (κ1) is 10.2. The third-order valence-electron chi connectivity index (χ3n) is 2.57. The van der Waals surface area contributed by atoms with Crippen molar-refractivity contribution in [1.29, 1.82) is 0 Å². The first-order valence-corrected chi connectivity index (χ1v) is 5.09. The summed E-state index contributed by atoms with van der Waals surface area (Å²) in [5.74, 6) is 0.101. The fourth-order valence-corrected chi connectivity index (χ4v) is 2.03. The van der Waals surface area contributed by atoms with Crippen LogP contribution in [0, 0.1) is 0 Å². The molecule has 1 N–H and O–H groups in total. The van der Waals surface area contributed by atoms with E-state index in [0.717, 1.165) is 11.3 Å². The summed E-state index contributed by atoms with van der Waals surface area (Å²) in [7, 11) is 0. The van der Waals surface area contributed by atoms with E-state index in [1.165, 1.54) is 4.90 Å². The van der Waals surface area contributed by atoms with Crippen molar-refractivity contribution >= 4 is 17.7 Å². The summed E-state index contributed by atoms with van der Waals surface area (Å²) in [6.07, 6.45) is -0.887. The summed E-state index contributed by atoms with van der Waals surface area (Å²) in [5.41, 5.74) is 1.86. The molecular weight excluding hydrogens is 216 g/mol. The van der Waals surface area contributed by atoms with Gasteiger partial charge in [0.25, 0.3) is 0 Å². The highest BCUT2D eigenvalue weighted by Gasteiger charge is 2.26. The number of halogens is 1. The number of pyridine rings is 1. The summed E-state index contributed by atoms with van der Waals surface area (Å²) in [5, 5.41) is 9.38. The van der Waals surface area contributed by atoms with E-state index in [0.29, 0.717) is 18.2 Å². The van der Waals surface area contributed by atoms with Gasteiger partial charge in [-0.3, -0.25) is 0 Å². The molecule has 2 heterocycles. The van der Waals surface area contributed by atoms with E-state index in [9.17, 15) is 4.79 Å². The zero-order chi connectivity index (χ0) is 11.0. The van der Waals surface area contributed by atoms with Gasteiger partial charge in [-0.1, -0.05) is 24.6 Å². The van der Waals surface area contributed by atoms with E-state index in [-0.39, 0.29) is 5.92 Å². The molecule has 1 amide bonds. The van der Waals surface area contributed by atoms with Gasteiger partial charge >= 0.3 is 6.09 Å². The molecule has 0 aromatic carbocycles. The quantitative estimate of drug-likeness (QED) is 0.691. The molecule has 0 saturated carbocycles. The van der Waals surface area contributed by atoms with Gasteiger partial charge in [-0.2, -0.15) is 0 Å². The average Bonchev–Trinajstić information content (AvgIpc) is 2.18. The molecule has 1 aromatic rings. The highest BCUT2D eigenvalue weighted by atomic mass is 35.5. The fourth-order valence-electron chi connectivity index (χ4n) is 1.87. The lowest BCUT2D eigenvalue weighted by Gasteiger charge is -2.30. The normalized spacial score (nSPS) is 19.9. The topological polar surface area (TPSA) is 53.4 Å². The van der Waals surface area contributed by atoms with Crippen LogP contribution in [0.1, 0.15) is 24.1 Å². The summed E-state index contributed by atoms with van der Waals surface area (Å²) < 4.78 is 0. The Labute approximate surface area is 92.5 Å². The van der Waals surface area contributed by atoms with Gasteiger partial charge in [0.05, 0.1) is 12.2 Å². The van der Waals surface area contributed by atoms with Gasteiger partial charge in [-0.05, 0) is 11.6 Å². The number of fused-ring (bicyclic) bond motifs is 1. The van der Waals surface area contributed by atoms with Gasteiger partial charge in [0, 0.05) is 12.5 Å². The minimum Gasteiger partial charge on any atom is -0.465 e. The van der Waals surface area contributed by atoms with Gasteiger partial charge in [-0.25, -0.2) is 9.78 Å². The third kappa shape index (κ3) is 1.90. The Bertz CT molecular complexity index is 408. The van der Waals surface area contributed by atoms with Crippen LogP contribution < -0.4 is 0 Å². The summed E-state index contributed by atoms with van der Waals surface area (Å²) in [4.78, 5) is 16.5. The van der Waals surface area contributed by atoms with Crippen LogP contribution in [0.15, 0.2) is 12.1 Å². The lowest BCUT2D eigenvalue weighted by atomic mass is 9.97. The van der Waals surface area contributed by atoms with E-state index in [2.05, 4.69) is 4.98 Å². The van der Waals surface area contributed by atoms with Crippen LogP contribution in [0.25, 0.3) is 0 Å². The van der Waals surface area contributed by atoms with E-state index in [4.69, 9.17) is 16.7 Å². The molecule has 80 valence electrons. The molecule has 15 heavy (non-hydrogen) atoms. The lowest BCUT2D eigenvalue weighted by Crippen LogP contribution is -2.36. The van der Waals surface area contributed by atoms with Gasteiger partial charge < -0.3 is 10.0 Å². The van der Waals surface area contributed by atoms with E-state index >= 15 is 0 Å². The molecule has 0 spiro atoms.